The van der Waals surface area contributed by atoms with Crippen LogP contribution in [0.2, 0.25) is 5.02 Å². The third-order valence-corrected chi connectivity index (χ3v) is 6.37. The van der Waals surface area contributed by atoms with Crippen LogP contribution in [0.5, 0.6) is 5.75 Å². The minimum absolute atomic E-state index is 0.194. The van der Waals surface area contributed by atoms with Gasteiger partial charge in [0, 0.05) is 19.4 Å². The highest BCUT2D eigenvalue weighted by Gasteiger charge is 2.61. The SMILES string of the molecule is CC(=O)NC1=NN(C(C)=O)[C@]2(S1)C(=O)N(CCOc1ccccc1Cl)c1ccccc12. The number of carbonyl (C=O) groups is 3. The molecular formula is C21H19ClN4O4S. The molecule has 0 saturated carbocycles. The first-order valence-electron chi connectivity index (χ1n) is 9.49. The predicted molar refractivity (Wildman–Crippen MR) is 119 cm³/mol. The van der Waals surface area contributed by atoms with Crippen LogP contribution in [0, 0.1) is 0 Å². The molecule has 0 saturated heterocycles. The van der Waals surface area contributed by atoms with Crippen LogP contribution in [0.15, 0.2) is 53.6 Å². The van der Waals surface area contributed by atoms with Gasteiger partial charge in [0.2, 0.25) is 16.7 Å². The first-order chi connectivity index (χ1) is 14.8. The molecule has 0 radical (unpaired) electrons. The van der Waals surface area contributed by atoms with Crippen LogP contribution in [0.4, 0.5) is 5.69 Å². The van der Waals surface area contributed by atoms with Crippen molar-refractivity contribution in [3.8, 4) is 5.75 Å². The third kappa shape index (κ3) is 3.64. The maximum atomic E-state index is 13.7. The number of nitrogens with one attached hydrogen (secondary N) is 1. The molecule has 4 rings (SSSR count). The molecule has 160 valence electrons. The highest BCUT2D eigenvalue weighted by Crippen LogP contribution is 2.54. The summed E-state index contributed by atoms with van der Waals surface area (Å²) in [5.74, 6) is -0.558. The summed E-state index contributed by atoms with van der Waals surface area (Å²) in [6, 6.07) is 14.3. The largest absolute Gasteiger partial charge is 0.490 e. The molecule has 0 bridgehead atoms. The summed E-state index contributed by atoms with van der Waals surface area (Å²) in [6.07, 6.45) is 0. The molecule has 1 spiro atoms. The van der Waals surface area contributed by atoms with E-state index in [1.165, 1.54) is 13.8 Å². The summed E-state index contributed by atoms with van der Waals surface area (Å²) in [7, 11) is 0. The number of ether oxygens (including phenoxy) is 1. The number of hydrogen-bond acceptors (Lipinski definition) is 6. The summed E-state index contributed by atoms with van der Waals surface area (Å²) in [5.41, 5.74) is 1.29. The Kier molecular flexibility index (Phi) is 5.63. The maximum Gasteiger partial charge on any atom is 0.270 e. The number of anilines is 1. The van der Waals surface area contributed by atoms with Crippen LogP contribution in [0.25, 0.3) is 0 Å². The molecule has 8 nitrogen and oxygen atoms in total. The van der Waals surface area contributed by atoms with E-state index in [1.54, 1.807) is 35.2 Å². The number of hydrogen-bond donors (Lipinski definition) is 1. The smallest absolute Gasteiger partial charge is 0.270 e. The van der Waals surface area contributed by atoms with Crippen molar-refractivity contribution in [2.45, 2.75) is 18.7 Å². The molecule has 2 aromatic rings. The van der Waals surface area contributed by atoms with Crippen molar-refractivity contribution >= 4 is 51.9 Å². The van der Waals surface area contributed by atoms with Crippen molar-refractivity contribution in [1.29, 1.82) is 0 Å². The van der Waals surface area contributed by atoms with E-state index < -0.39 is 10.8 Å². The number of amides is 3. The minimum Gasteiger partial charge on any atom is -0.490 e. The maximum absolute atomic E-state index is 13.7. The number of thioether (sulfide) groups is 1. The first-order valence-corrected chi connectivity index (χ1v) is 10.7. The van der Waals surface area contributed by atoms with E-state index in [0.29, 0.717) is 22.0 Å². The van der Waals surface area contributed by atoms with Gasteiger partial charge in [-0.15, -0.1) is 5.10 Å². The molecule has 1 atom stereocenters. The molecule has 2 aromatic carbocycles. The number of carbonyl (C=O) groups excluding carboxylic acids is 3. The van der Waals surface area contributed by atoms with Crippen LogP contribution in [0.3, 0.4) is 0 Å². The van der Waals surface area contributed by atoms with Crippen molar-refractivity contribution in [3.05, 3.63) is 59.1 Å². The van der Waals surface area contributed by atoms with Gasteiger partial charge in [-0.2, -0.15) is 5.01 Å². The van der Waals surface area contributed by atoms with E-state index >= 15 is 0 Å². The van der Waals surface area contributed by atoms with Gasteiger partial charge in [-0.25, -0.2) is 0 Å². The fraction of sp³-hybridized carbons (Fsp3) is 0.238. The zero-order valence-corrected chi connectivity index (χ0v) is 18.4. The van der Waals surface area contributed by atoms with Crippen molar-refractivity contribution < 1.29 is 19.1 Å². The number of amidine groups is 1. The normalized spacial score (nSPS) is 19.5. The zero-order chi connectivity index (χ0) is 22.2. The van der Waals surface area contributed by atoms with E-state index in [4.69, 9.17) is 16.3 Å². The highest BCUT2D eigenvalue weighted by atomic mass is 35.5. The Balaban J connectivity index is 1.64. The van der Waals surface area contributed by atoms with E-state index in [1.807, 2.05) is 18.2 Å². The number of halogens is 1. The van der Waals surface area contributed by atoms with Gasteiger partial charge in [-0.1, -0.05) is 41.9 Å². The van der Waals surface area contributed by atoms with Gasteiger partial charge in [-0.3, -0.25) is 14.4 Å². The van der Waals surface area contributed by atoms with Crippen LogP contribution in [-0.2, 0) is 19.3 Å². The van der Waals surface area contributed by atoms with Crippen molar-refractivity contribution in [1.82, 2.24) is 10.3 Å². The van der Waals surface area contributed by atoms with Crippen LogP contribution < -0.4 is 15.0 Å². The zero-order valence-electron chi connectivity index (χ0n) is 16.8. The number of nitrogens with zero attached hydrogens (tertiary/aromatic N) is 3. The van der Waals surface area contributed by atoms with Gasteiger partial charge in [0.25, 0.3) is 5.91 Å². The Morgan fingerprint density at radius 1 is 1.16 bits per heavy atom. The molecule has 2 heterocycles. The Labute approximate surface area is 188 Å². The highest BCUT2D eigenvalue weighted by molar-refractivity contribution is 8.15. The summed E-state index contributed by atoms with van der Waals surface area (Å²) in [5, 5.41) is 8.62. The Bertz CT molecular complexity index is 1110. The second-order valence-corrected chi connectivity index (χ2v) is 8.50. The van der Waals surface area contributed by atoms with Crippen LogP contribution >= 0.6 is 23.4 Å². The van der Waals surface area contributed by atoms with Crippen LogP contribution in [-0.4, -0.2) is 41.0 Å². The van der Waals surface area contributed by atoms with E-state index in [-0.39, 0.29) is 30.1 Å². The fourth-order valence-corrected chi connectivity index (χ4v) is 5.12. The number of para-hydroxylation sites is 2. The van der Waals surface area contributed by atoms with Gasteiger partial charge < -0.3 is 15.0 Å². The Hall–Kier alpha value is -3.04. The predicted octanol–water partition coefficient (Wildman–Crippen LogP) is 2.92. The fourth-order valence-electron chi connectivity index (χ4n) is 3.60. The average molecular weight is 459 g/mol. The standard InChI is InChI=1S/C21H19ClN4O4S/c1-13(27)23-20-24-26(14(2)28)21(31-20)15-7-3-5-9-17(15)25(19(21)29)11-12-30-18-10-6-4-8-16(18)22/h3-10H,11-12H2,1-2H3,(H,23,24,27)/t21-/m1/s1. The second kappa shape index (κ2) is 8.24. The Morgan fingerprint density at radius 2 is 1.87 bits per heavy atom. The van der Waals surface area contributed by atoms with E-state index in [0.717, 1.165) is 16.8 Å². The van der Waals surface area contributed by atoms with Crippen molar-refractivity contribution in [2.24, 2.45) is 5.10 Å². The molecule has 0 aliphatic carbocycles. The van der Waals surface area contributed by atoms with Crippen molar-refractivity contribution in [3.63, 3.8) is 0 Å². The Morgan fingerprint density at radius 3 is 2.58 bits per heavy atom. The molecule has 0 aromatic heterocycles. The lowest BCUT2D eigenvalue weighted by atomic mass is 10.1. The lowest BCUT2D eigenvalue weighted by Gasteiger charge is -2.29. The summed E-state index contributed by atoms with van der Waals surface area (Å²) < 4.78 is 5.76. The van der Waals surface area contributed by atoms with Gasteiger partial charge in [0.15, 0.2) is 5.17 Å². The van der Waals surface area contributed by atoms with Gasteiger partial charge >= 0.3 is 0 Å². The van der Waals surface area contributed by atoms with Crippen LogP contribution in [0.1, 0.15) is 19.4 Å². The minimum atomic E-state index is -1.41. The molecule has 31 heavy (non-hydrogen) atoms. The molecule has 0 unspecified atom stereocenters. The van der Waals surface area contributed by atoms with Crippen molar-refractivity contribution in [2.75, 3.05) is 18.1 Å². The number of rotatable bonds is 4. The number of fused-ring (bicyclic) bond motifs is 2. The summed E-state index contributed by atoms with van der Waals surface area (Å²) in [4.78, 5) is 37.8. The summed E-state index contributed by atoms with van der Waals surface area (Å²) in [6.45, 7) is 3.12. The van der Waals surface area contributed by atoms with Gasteiger partial charge in [0.05, 0.1) is 17.3 Å². The lowest BCUT2D eigenvalue weighted by molar-refractivity contribution is -0.139. The lowest BCUT2D eigenvalue weighted by Crippen LogP contribution is -2.49. The van der Waals surface area contributed by atoms with E-state index in [2.05, 4.69) is 10.4 Å². The molecule has 0 fully saturated rings. The third-order valence-electron chi connectivity index (χ3n) is 4.82. The molecule has 3 amide bonds. The number of hydrazone groups is 1. The topological polar surface area (TPSA) is 91.3 Å². The molecule has 2 aliphatic heterocycles. The molecule has 10 heteroatoms. The monoisotopic (exact) mass is 458 g/mol. The van der Waals surface area contributed by atoms with Gasteiger partial charge in [-0.05, 0) is 30.0 Å². The second-order valence-electron chi connectivity index (χ2n) is 6.92. The number of benzene rings is 2. The molecular weight excluding hydrogens is 440 g/mol. The quantitative estimate of drug-likeness (QED) is 0.760. The van der Waals surface area contributed by atoms with Gasteiger partial charge in [0.1, 0.15) is 12.4 Å². The molecule has 2 aliphatic rings. The average Bonchev–Trinajstić information content (AvgIpc) is 3.21. The summed E-state index contributed by atoms with van der Waals surface area (Å²) >= 11 is 7.18. The first kappa shape index (κ1) is 21.2. The van der Waals surface area contributed by atoms with E-state index in [9.17, 15) is 14.4 Å². The molecule has 1 N–H and O–H groups in total.